The average Bonchev–Trinajstić information content (AvgIpc) is 2.82. The smallest absolute Gasteiger partial charge is 0.119 e. The van der Waals surface area contributed by atoms with Crippen molar-refractivity contribution in [1.29, 1.82) is 0 Å². The maximum Gasteiger partial charge on any atom is 0.119 e. The normalized spacial score (nSPS) is 10.8. The summed E-state index contributed by atoms with van der Waals surface area (Å²) in [4.78, 5) is 4.67. The van der Waals surface area contributed by atoms with E-state index >= 15 is 0 Å². The molecule has 4 heteroatoms. The minimum atomic E-state index is 0.704. The molecule has 4 nitrogen and oxygen atoms in total. The Morgan fingerprint density at radius 2 is 1.30 bits per heavy atom. The molecule has 0 saturated heterocycles. The molecule has 0 radical (unpaired) electrons. The van der Waals surface area contributed by atoms with Gasteiger partial charge in [-0.3, -0.25) is 0 Å². The van der Waals surface area contributed by atoms with Gasteiger partial charge in [-0.1, -0.05) is 44.2 Å². The summed E-state index contributed by atoms with van der Waals surface area (Å²) in [5.41, 5.74) is 3.51. The molecule has 0 aromatic heterocycles. The van der Waals surface area contributed by atoms with Crippen LogP contribution >= 0.6 is 0 Å². The van der Waals surface area contributed by atoms with E-state index in [4.69, 9.17) is 9.47 Å². The number of likely N-dealkylation sites (N-methyl/N-ethyl adjacent to an activating group) is 1. The molecule has 0 aliphatic heterocycles. The topological polar surface area (TPSA) is 24.9 Å². The van der Waals surface area contributed by atoms with Crippen molar-refractivity contribution in [2.45, 2.75) is 20.4 Å². The van der Waals surface area contributed by atoms with Crippen molar-refractivity contribution in [2.24, 2.45) is 0 Å². The lowest BCUT2D eigenvalue weighted by atomic mass is 10.1. The quantitative estimate of drug-likeness (QED) is 0.406. The van der Waals surface area contributed by atoms with Crippen LogP contribution in [-0.4, -0.2) is 38.3 Å². The summed E-state index contributed by atoms with van der Waals surface area (Å²) in [5.74, 6) is 1.78. The SMILES string of the molecule is CCN(CC)CCOc1ccc(N(Cc2ccc(OC)cc2)c2ccccc2)cc1. The summed E-state index contributed by atoms with van der Waals surface area (Å²) in [6, 6.07) is 27.1. The van der Waals surface area contributed by atoms with Crippen LogP contribution < -0.4 is 14.4 Å². The number of anilines is 2. The Bertz CT molecular complexity index is 860. The van der Waals surface area contributed by atoms with Gasteiger partial charge in [-0.25, -0.2) is 0 Å². The molecule has 0 atom stereocenters. The molecular weight excluding hydrogens is 372 g/mol. The first-order valence-electron chi connectivity index (χ1n) is 10.6. The molecule has 0 fully saturated rings. The van der Waals surface area contributed by atoms with E-state index in [1.54, 1.807) is 7.11 Å². The number of ether oxygens (including phenoxy) is 2. The van der Waals surface area contributed by atoms with Gasteiger partial charge in [0.15, 0.2) is 0 Å². The number of para-hydroxylation sites is 1. The first kappa shape index (κ1) is 21.7. The largest absolute Gasteiger partial charge is 0.497 e. The number of methoxy groups -OCH3 is 1. The van der Waals surface area contributed by atoms with Gasteiger partial charge in [0.25, 0.3) is 0 Å². The lowest BCUT2D eigenvalue weighted by Gasteiger charge is -2.25. The third kappa shape index (κ3) is 6.01. The maximum absolute atomic E-state index is 5.95. The molecule has 0 saturated carbocycles. The van der Waals surface area contributed by atoms with E-state index in [9.17, 15) is 0 Å². The number of hydrogen-bond acceptors (Lipinski definition) is 4. The molecule has 0 spiro atoms. The van der Waals surface area contributed by atoms with E-state index in [1.165, 1.54) is 5.56 Å². The summed E-state index contributed by atoms with van der Waals surface area (Å²) in [6.07, 6.45) is 0. The van der Waals surface area contributed by atoms with E-state index in [1.807, 2.05) is 18.2 Å². The number of rotatable bonds is 11. The fourth-order valence-electron chi connectivity index (χ4n) is 3.41. The van der Waals surface area contributed by atoms with E-state index in [0.29, 0.717) is 6.61 Å². The minimum absolute atomic E-state index is 0.704. The van der Waals surface area contributed by atoms with Crippen molar-refractivity contribution in [3.05, 3.63) is 84.4 Å². The highest BCUT2D eigenvalue weighted by Crippen LogP contribution is 2.29. The standard InChI is InChI=1S/C26H32N2O2/c1-4-27(5-2)19-20-30-26-17-13-24(14-18-26)28(23-9-7-6-8-10-23)21-22-11-15-25(29-3)16-12-22/h6-18H,4-5,19-21H2,1-3H3. The summed E-state index contributed by atoms with van der Waals surface area (Å²) in [7, 11) is 1.69. The summed E-state index contributed by atoms with van der Waals surface area (Å²) >= 11 is 0. The highest BCUT2D eigenvalue weighted by molar-refractivity contribution is 5.64. The Kier molecular flexibility index (Phi) is 8.16. The number of benzene rings is 3. The summed E-state index contributed by atoms with van der Waals surface area (Å²) < 4.78 is 11.2. The predicted molar refractivity (Wildman–Crippen MR) is 125 cm³/mol. The second-order valence-corrected chi connectivity index (χ2v) is 7.14. The minimum Gasteiger partial charge on any atom is -0.497 e. The molecule has 0 aliphatic carbocycles. The van der Waals surface area contributed by atoms with Crippen LogP contribution in [0.3, 0.4) is 0 Å². The second kappa shape index (κ2) is 11.3. The molecule has 3 aromatic carbocycles. The van der Waals surface area contributed by atoms with Crippen LogP contribution in [0.4, 0.5) is 11.4 Å². The third-order valence-electron chi connectivity index (χ3n) is 5.29. The van der Waals surface area contributed by atoms with E-state index in [2.05, 4.69) is 84.3 Å². The summed E-state index contributed by atoms with van der Waals surface area (Å²) in [5, 5.41) is 0. The molecule has 0 amide bonds. The zero-order chi connectivity index (χ0) is 21.2. The predicted octanol–water partition coefficient (Wildman–Crippen LogP) is 5.75. The van der Waals surface area contributed by atoms with Gasteiger partial charge >= 0.3 is 0 Å². The van der Waals surface area contributed by atoms with Crippen LogP contribution in [0.15, 0.2) is 78.9 Å². The van der Waals surface area contributed by atoms with Crippen LogP contribution in [-0.2, 0) is 6.54 Å². The van der Waals surface area contributed by atoms with Crippen molar-refractivity contribution in [1.82, 2.24) is 4.90 Å². The lowest BCUT2D eigenvalue weighted by Crippen LogP contribution is -2.27. The Morgan fingerprint density at radius 1 is 0.700 bits per heavy atom. The Morgan fingerprint density at radius 3 is 1.90 bits per heavy atom. The monoisotopic (exact) mass is 404 g/mol. The zero-order valence-electron chi connectivity index (χ0n) is 18.3. The summed E-state index contributed by atoms with van der Waals surface area (Å²) in [6.45, 7) is 8.89. The Hall–Kier alpha value is -2.98. The highest BCUT2D eigenvalue weighted by atomic mass is 16.5. The first-order valence-corrected chi connectivity index (χ1v) is 10.6. The third-order valence-corrected chi connectivity index (χ3v) is 5.29. The van der Waals surface area contributed by atoms with Crippen LogP contribution in [0, 0.1) is 0 Å². The van der Waals surface area contributed by atoms with Crippen LogP contribution in [0.5, 0.6) is 11.5 Å². The molecule has 158 valence electrons. The van der Waals surface area contributed by atoms with Gasteiger partial charge in [0.2, 0.25) is 0 Å². The van der Waals surface area contributed by atoms with E-state index in [-0.39, 0.29) is 0 Å². The number of hydrogen-bond donors (Lipinski definition) is 0. The van der Waals surface area contributed by atoms with E-state index in [0.717, 1.165) is 49.1 Å². The van der Waals surface area contributed by atoms with Crippen molar-refractivity contribution >= 4 is 11.4 Å². The fraction of sp³-hybridized carbons (Fsp3) is 0.308. The van der Waals surface area contributed by atoms with Gasteiger partial charge in [-0.05, 0) is 67.2 Å². The Labute approximate surface area is 180 Å². The maximum atomic E-state index is 5.95. The van der Waals surface area contributed by atoms with Gasteiger partial charge in [-0.2, -0.15) is 0 Å². The molecule has 3 aromatic rings. The molecular formula is C26H32N2O2. The molecule has 30 heavy (non-hydrogen) atoms. The first-order chi connectivity index (χ1) is 14.7. The van der Waals surface area contributed by atoms with Gasteiger partial charge < -0.3 is 19.3 Å². The molecule has 3 rings (SSSR count). The van der Waals surface area contributed by atoms with Gasteiger partial charge in [0.05, 0.1) is 7.11 Å². The fourth-order valence-corrected chi connectivity index (χ4v) is 3.41. The van der Waals surface area contributed by atoms with E-state index < -0.39 is 0 Å². The van der Waals surface area contributed by atoms with Gasteiger partial charge in [-0.15, -0.1) is 0 Å². The molecule has 0 unspecified atom stereocenters. The van der Waals surface area contributed by atoms with Crippen LogP contribution in [0.25, 0.3) is 0 Å². The van der Waals surface area contributed by atoms with Crippen molar-refractivity contribution in [3.63, 3.8) is 0 Å². The van der Waals surface area contributed by atoms with Crippen LogP contribution in [0.2, 0.25) is 0 Å². The lowest BCUT2D eigenvalue weighted by molar-refractivity contribution is 0.223. The zero-order valence-corrected chi connectivity index (χ0v) is 18.3. The molecule has 0 N–H and O–H groups in total. The van der Waals surface area contributed by atoms with Crippen LogP contribution in [0.1, 0.15) is 19.4 Å². The van der Waals surface area contributed by atoms with Crippen molar-refractivity contribution < 1.29 is 9.47 Å². The van der Waals surface area contributed by atoms with Gasteiger partial charge in [0.1, 0.15) is 18.1 Å². The number of nitrogens with zero attached hydrogens (tertiary/aromatic N) is 2. The second-order valence-electron chi connectivity index (χ2n) is 7.14. The van der Waals surface area contributed by atoms with Gasteiger partial charge in [0, 0.05) is 24.5 Å². The molecule has 0 aliphatic rings. The Balaban J connectivity index is 1.73. The molecule has 0 bridgehead atoms. The highest BCUT2D eigenvalue weighted by Gasteiger charge is 2.11. The van der Waals surface area contributed by atoms with Crippen molar-refractivity contribution in [3.8, 4) is 11.5 Å². The molecule has 0 heterocycles. The average molecular weight is 405 g/mol. The van der Waals surface area contributed by atoms with Crippen molar-refractivity contribution in [2.75, 3.05) is 38.3 Å².